The molecular weight excluding hydrogens is 983 g/mol. The van der Waals surface area contributed by atoms with Crippen LogP contribution in [0.25, 0.3) is 60.9 Å². The zero-order valence-corrected chi connectivity index (χ0v) is 35.2. The van der Waals surface area contributed by atoms with Crippen molar-refractivity contribution in [3.05, 3.63) is 216 Å². The average Bonchev–Trinajstić information content (AvgIpc) is 3.76. The first-order valence-electron chi connectivity index (χ1n) is 17.5. The van der Waals surface area contributed by atoms with Crippen molar-refractivity contribution in [1.82, 2.24) is 4.57 Å². The molecule has 0 amide bonds. The van der Waals surface area contributed by atoms with Crippen LogP contribution in [0.1, 0.15) is 11.1 Å². The van der Waals surface area contributed by atoms with Crippen molar-refractivity contribution in [2.75, 3.05) is 0 Å². The Morgan fingerprint density at radius 3 is 1.04 bits per heavy atom. The summed E-state index contributed by atoms with van der Waals surface area (Å²) in [5, 5.41) is 2.59. The molecule has 0 atom stereocenters. The molecule has 9 aromatic rings. The largest absolute Gasteiger partial charge is 0.309 e. The summed E-state index contributed by atoms with van der Waals surface area (Å²) in [6.07, 6.45) is 1.10. The van der Waals surface area contributed by atoms with E-state index in [0.717, 1.165) is 6.42 Å². The molecule has 1 nitrogen and oxygen atoms in total. The van der Waals surface area contributed by atoms with Crippen molar-refractivity contribution in [2.45, 2.75) is 6.42 Å². The van der Waals surface area contributed by atoms with Crippen LogP contribution in [0.15, 0.2) is 194 Å². The SMILES string of the molecule is Ic1ccc(-c2ccc(-n3c4ccccc4c4ccccc43)cc2)cc1.Ic1ccc(-c2ccc(I)cc2)cc1.c1ccc2c(c1)Cc1ccccc1-2. The third-order valence-corrected chi connectivity index (χ3v) is 11.8. The maximum Gasteiger partial charge on any atom is 0.0541 e. The van der Waals surface area contributed by atoms with Crippen LogP contribution >= 0.6 is 67.8 Å². The minimum atomic E-state index is 1.10. The molecule has 0 bridgehead atoms. The number of hydrogen-bond acceptors (Lipinski definition) is 0. The third-order valence-electron chi connectivity index (χ3n) is 9.61. The van der Waals surface area contributed by atoms with Gasteiger partial charge in [-0.1, -0.05) is 133 Å². The topological polar surface area (TPSA) is 4.93 Å². The summed E-state index contributed by atoms with van der Waals surface area (Å²) >= 11 is 6.98. The number of halogens is 3. The van der Waals surface area contributed by atoms with Crippen LogP contribution in [0.4, 0.5) is 0 Å². The smallest absolute Gasteiger partial charge is 0.0541 e. The lowest BCUT2D eigenvalue weighted by Gasteiger charge is -2.09. The van der Waals surface area contributed by atoms with Crippen LogP contribution in [0.5, 0.6) is 0 Å². The highest BCUT2D eigenvalue weighted by molar-refractivity contribution is 14.1. The number of hydrogen-bond donors (Lipinski definition) is 0. The molecule has 1 aliphatic rings. The highest BCUT2D eigenvalue weighted by Crippen LogP contribution is 2.36. The van der Waals surface area contributed by atoms with Gasteiger partial charge in [0, 0.05) is 27.2 Å². The Morgan fingerprint density at radius 1 is 0.321 bits per heavy atom. The second-order valence-corrected chi connectivity index (χ2v) is 16.7. The molecule has 8 aromatic carbocycles. The molecule has 0 saturated heterocycles. The van der Waals surface area contributed by atoms with E-state index < -0.39 is 0 Å². The third kappa shape index (κ3) is 8.00. The standard InChI is InChI=1S/C24H16IN.C13H10.C12H8I2/c25-19-13-9-17(10-14-19)18-11-15-20(16-12-18)26-23-7-3-1-5-21(23)22-6-2-4-8-24(22)26;1-3-7-12-10(5-1)9-11-6-2-4-8-13(11)12;13-11-5-1-9(2-6-11)10-3-7-12(14)8-4-10/h1-16H;1-8H,9H2;1-8H. The normalized spacial score (nSPS) is 11.2. The van der Waals surface area contributed by atoms with E-state index in [2.05, 4.69) is 266 Å². The number of para-hydroxylation sites is 2. The lowest BCUT2D eigenvalue weighted by Crippen LogP contribution is -1.93. The van der Waals surface area contributed by atoms with E-state index in [1.54, 1.807) is 0 Å². The lowest BCUT2D eigenvalue weighted by atomic mass is 10.1. The van der Waals surface area contributed by atoms with Gasteiger partial charge in [0.2, 0.25) is 0 Å². The van der Waals surface area contributed by atoms with Crippen LogP contribution in [0.3, 0.4) is 0 Å². The minimum absolute atomic E-state index is 1.10. The van der Waals surface area contributed by atoms with Crippen molar-refractivity contribution in [1.29, 1.82) is 0 Å². The Kier molecular flexibility index (Phi) is 11.1. The van der Waals surface area contributed by atoms with E-state index in [1.165, 1.54) is 82.7 Å². The Labute approximate surface area is 352 Å². The second-order valence-electron chi connectivity index (χ2n) is 12.9. The molecule has 0 N–H and O–H groups in total. The summed E-state index contributed by atoms with van der Waals surface area (Å²) in [4.78, 5) is 0. The molecule has 0 unspecified atom stereocenters. The van der Waals surface area contributed by atoms with E-state index >= 15 is 0 Å². The molecule has 1 aliphatic carbocycles. The van der Waals surface area contributed by atoms with Crippen LogP contribution in [-0.2, 0) is 6.42 Å². The molecule has 0 fully saturated rings. The van der Waals surface area contributed by atoms with Gasteiger partial charge in [0.05, 0.1) is 11.0 Å². The van der Waals surface area contributed by atoms with Gasteiger partial charge in [0.15, 0.2) is 0 Å². The van der Waals surface area contributed by atoms with Crippen molar-refractivity contribution in [3.63, 3.8) is 0 Å². The fourth-order valence-corrected chi connectivity index (χ4v) is 8.09. The van der Waals surface area contributed by atoms with Crippen LogP contribution in [-0.4, -0.2) is 4.57 Å². The summed E-state index contributed by atoms with van der Waals surface area (Å²) in [5.74, 6) is 0. The van der Waals surface area contributed by atoms with Crippen LogP contribution in [0, 0.1) is 10.7 Å². The van der Waals surface area contributed by atoms with Gasteiger partial charge in [-0.3, -0.25) is 0 Å². The first-order chi connectivity index (χ1) is 26.0. The summed E-state index contributed by atoms with van der Waals surface area (Å²) < 4.78 is 6.16. The predicted octanol–water partition coefficient (Wildman–Crippen LogP) is 14.9. The summed E-state index contributed by atoms with van der Waals surface area (Å²) in [6, 6.07) is 69.2. The fourth-order valence-electron chi connectivity index (χ4n) is 7.01. The number of fused-ring (bicyclic) bond motifs is 6. The monoisotopic (exact) mass is 1020 g/mol. The Morgan fingerprint density at radius 2 is 0.642 bits per heavy atom. The number of nitrogens with zero attached hydrogens (tertiary/aromatic N) is 1. The van der Waals surface area contributed by atoms with E-state index in [1.807, 2.05) is 0 Å². The summed E-state index contributed by atoms with van der Waals surface area (Å²) in [7, 11) is 0. The maximum atomic E-state index is 2.35. The number of benzene rings is 8. The van der Waals surface area contributed by atoms with Crippen molar-refractivity contribution >= 4 is 89.6 Å². The molecular formula is C49H34I3N. The molecule has 0 spiro atoms. The molecule has 4 heteroatoms. The van der Waals surface area contributed by atoms with Gasteiger partial charge < -0.3 is 4.57 Å². The predicted molar refractivity (Wildman–Crippen MR) is 251 cm³/mol. The fraction of sp³-hybridized carbons (Fsp3) is 0.0204. The number of rotatable bonds is 3. The Balaban J connectivity index is 0.000000125. The van der Waals surface area contributed by atoms with E-state index in [0.29, 0.717) is 0 Å². The highest BCUT2D eigenvalue weighted by Gasteiger charge is 2.16. The molecule has 0 radical (unpaired) electrons. The van der Waals surface area contributed by atoms with Gasteiger partial charge in [0.1, 0.15) is 0 Å². The highest BCUT2D eigenvalue weighted by atomic mass is 127. The number of aromatic nitrogens is 1. The molecule has 256 valence electrons. The molecule has 10 rings (SSSR count). The van der Waals surface area contributed by atoms with Crippen LogP contribution in [0.2, 0.25) is 0 Å². The first kappa shape index (κ1) is 35.8. The average molecular weight is 1020 g/mol. The summed E-state index contributed by atoms with van der Waals surface area (Å²) in [6.45, 7) is 0. The van der Waals surface area contributed by atoms with Crippen molar-refractivity contribution in [3.8, 4) is 39.1 Å². The van der Waals surface area contributed by atoms with Crippen molar-refractivity contribution < 1.29 is 0 Å². The van der Waals surface area contributed by atoms with Crippen LogP contribution < -0.4 is 0 Å². The molecule has 53 heavy (non-hydrogen) atoms. The molecule has 1 aromatic heterocycles. The quantitative estimate of drug-likeness (QED) is 0.155. The second kappa shape index (κ2) is 16.4. The molecule has 0 aliphatic heterocycles. The maximum absolute atomic E-state index is 2.35. The van der Waals surface area contributed by atoms with Gasteiger partial charge >= 0.3 is 0 Å². The zero-order valence-electron chi connectivity index (χ0n) is 28.8. The van der Waals surface area contributed by atoms with Gasteiger partial charge in [-0.05, 0) is 179 Å². The first-order valence-corrected chi connectivity index (χ1v) is 20.8. The molecule has 1 heterocycles. The Bertz CT molecular complexity index is 2500. The van der Waals surface area contributed by atoms with E-state index in [9.17, 15) is 0 Å². The van der Waals surface area contributed by atoms with E-state index in [4.69, 9.17) is 0 Å². The Hall–Kier alpha value is -4.25. The summed E-state index contributed by atoms with van der Waals surface area (Å²) in [5.41, 5.74) is 14.5. The zero-order chi connectivity index (χ0) is 36.1. The van der Waals surface area contributed by atoms with Gasteiger partial charge in [-0.25, -0.2) is 0 Å². The minimum Gasteiger partial charge on any atom is -0.309 e. The van der Waals surface area contributed by atoms with Gasteiger partial charge in [0.25, 0.3) is 0 Å². The van der Waals surface area contributed by atoms with Gasteiger partial charge in [-0.2, -0.15) is 0 Å². The van der Waals surface area contributed by atoms with Crippen molar-refractivity contribution in [2.24, 2.45) is 0 Å². The lowest BCUT2D eigenvalue weighted by molar-refractivity contribution is 1.18. The van der Waals surface area contributed by atoms with E-state index in [-0.39, 0.29) is 0 Å². The van der Waals surface area contributed by atoms with Gasteiger partial charge in [-0.15, -0.1) is 0 Å². The molecule has 0 saturated carbocycles.